The van der Waals surface area contributed by atoms with Crippen LogP contribution in [0.5, 0.6) is 5.75 Å². The number of nitrogens with one attached hydrogen (secondary N) is 2. The van der Waals surface area contributed by atoms with Crippen molar-refractivity contribution in [3.8, 4) is 5.75 Å². The Labute approximate surface area is 130 Å². The third-order valence-corrected chi connectivity index (χ3v) is 4.32. The fourth-order valence-electron chi connectivity index (χ4n) is 2.16. The van der Waals surface area contributed by atoms with E-state index >= 15 is 0 Å². The maximum atomic E-state index is 12.4. The second-order valence-electron chi connectivity index (χ2n) is 4.78. The third-order valence-electron chi connectivity index (χ3n) is 3.12. The van der Waals surface area contributed by atoms with Crippen LogP contribution in [-0.4, -0.2) is 20.8 Å². The number of aromatic nitrogens is 3. The lowest BCUT2D eigenvalue weighted by atomic mass is 10.3. The van der Waals surface area contributed by atoms with Gasteiger partial charge in [-0.05, 0) is 25.1 Å². The number of nitrogens with zero attached hydrogens (tertiary/aromatic N) is 1. The minimum Gasteiger partial charge on any atom is -0.494 e. The van der Waals surface area contributed by atoms with E-state index in [2.05, 4.69) is 15.0 Å². The fourth-order valence-corrected chi connectivity index (χ4v) is 3.17. The van der Waals surface area contributed by atoms with Crippen molar-refractivity contribution in [2.45, 2.75) is 17.8 Å². The van der Waals surface area contributed by atoms with Crippen LogP contribution in [0.1, 0.15) is 12.6 Å². The lowest BCUT2D eigenvalue weighted by molar-refractivity contribution is -0.370. The Kier molecular flexibility index (Phi) is 4.06. The molecule has 0 aliphatic rings. The highest BCUT2D eigenvalue weighted by atomic mass is 32.2. The van der Waals surface area contributed by atoms with E-state index in [1.54, 1.807) is 6.07 Å². The number of benzene rings is 1. The summed E-state index contributed by atoms with van der Waals surface area (Å²) >= 11 is 0. The maximum Gasteiger partial charge on any atom is 0.270 e. The van der Waals surface area contributed by atoms with Crippen molar-refractivity contribution in [1.29, 1.82) is 0 Å². The van der Waals surface area contributed by atoms with E-state index in [1.165, 1.54) is 0 Å². The molecule has 114 valence electrons. The topological polar surface area (TPSA) is 95.1 Å². The molecule has 0 radical (unpaired) electrons. The van der Waals surface area contributed by atoms with Crippen LogP contribution < -0.4 is 15.5 Å². The van der Waals surface area contributed by atoms with E-state index in [0.29, 0.717) is 23.3 Å². The van der Waals surface area contributed by atoms with E-state index in [0.717, 1.165) is 22.5 Å². The zero-order chi connectivity index (χ0) is 15.5. The van der Waals surface area contributed by atoms with Gasteiger partial charge in [0.05, 0.1) is 34.2 Å². The van der Waals surface area contributed by atoms with Gasteiger partial charge in [-0.2, -0.15) is 0 Å². The van der Waals surface area contributed by atoms with Gasteiger partial charge in [-0.3, -0.25) is 9.94 Å². The maximum absolute atomic E-state index is 12.4. The van der Waals surface area contributed by atoms with Gasteiger partial charge in [0.2, 0.25) is 0 Å². The number of ether oxygens (including phenoxy) is 1. The summed E-state index contributed by atoms with van der Waals surface area (Å²) in [7, 11) is -1.28. The molecule has 2 aromatic heterocycles. The van der Waals surface area contributed by atoms with E-state index < -0.39 is 10.8 Å². The van der Waals surface area contributed by atoms with Gasteiger partial charge < -0.3 is 9.72 Å². The van der Waals surface area contributed by atoms with Crippen LogP contribution in [0.15, 0.2) is 41.6 Å². The molecule has 0 aliphatic heterocycles. The molecule has 0 amide bonds. The van der Waals surface area contributed by atoms with Gasteiger partial charge in [0, 0.05) is 12.1 Å². The number of H-pyrrole nitrogens is 2. The van der Waals surface area contributed by atoms with Crippen LogP contribution in [0, 0.1) is 0 Å². The van der Waals surface area contributed by atoms with Crippen LogP contribution in [0.4, 0.5) is 5.82 Å². The molecule has 0 unspecified atom stereocenters. The second kappa shape index (κ2) is 6.15. The fraction of sp³-hybridized carbons (Fsp3) is 0.200. The summed E-state index contributed by atoms with van der Waals surface area (Å²) in [6, 6.07) is 11.0. The molecule has 7 heteroatoms. The molecule has 0 saturated carbocycles. The van der Waals surface area contributed by atoms with Crippen LogP contribution in [0.25, 0.3) is 11.0 Å². The van der Waals surface area contributed by atoms with Crippen LogP contribution in [0.3, 0.4) is 0 Å². The predicted octanol–water partition coefficient (Wildman–Crippen LogP) is 1.67. The third kappa shape index (κ3) is 3.09. The molecule has 0 bridgehead atoms. The van der Waals surface area contributed by atoms with Gasteiger partial charge in [-0.1, -0.05) is 6.07 Å². The van der Waals surface area contributed by atoms with Gasteiger partial charge in [-0.15, -0.1) is 0 Å². The molecule has 4 N–H and O–H groups in total. The summed E-state index contributed by atoms with van der Waals surface area (Å²) in [6.07, 6.45) is 0. The number of rotatable bonds is 5. The number of hydrogen-bond donors (Lipinski definition) is 2. The van der Waals surface area contributed by atoms with Gasteiger partial charge in [0.1, 0.15) is 11.4 Å². The Bertz CT molecular complexity index is 831. The molecular weight excluding hydrogens is 300 g/mol. The highest BCUT2D eigenvalue weighted by Gasteiger charge is 2.13. The Morgan fingerprint density at radius 3 is 3.00 bits per heavy atom. The summed E-state index contributed by atoms with van der Waals surface area (Å²) in [4.78, 5) is 10.5. The lowest BCUT2D eigenvalue weighted by Gasteiger charge is -2.00. The first-order valence-electron chi connectivity index (χ1n) is 6.93. The summed E-state index contributed by atoms with van der Waals surface area (Å²) < 4.78 is 17.9. The molecule has 0 spiro atoms. The number of anilines is 1. The number of hydrogen-bond acceptors (Lipinski definition) is 4. The minimum atomic E-state index is -1.28. The monoisotopic (exact) mass is 317 g/mol. The Balaban J connectivity index is 1.84. The van der Waals surface area contributed by atoms with Gasteiger partial charge in [0.15, 0.2) is 5.16 Å². The van der Waals surface area contributed by atoms with Gasteiger partial charge >= 0.3 is 0 Å². The molecule has 1 aromatic carbocycles. The van der Waals surface area contributed by atoms with Crippen LogP contribution >= 0.6 is 0 Å². The molecular formula is C15H17N4O2S+. The molecule has 0 fully saturated rings. The van der Waals surface area contributed by atoms with Crippen molar-refractivity contribution >= 4 is 27.7 Å². The van der Waals surface area contributed by atoms with Crippen molar-refractivity contribution < 1.29 is 13.9 Å². The Morgan fingerprint density at radius 1 is 1.36 bits per heavy atom. The summed E-state index contributed by atoms with van der Waals surface area (Å²) in [6.45, 7) is 2.53. The average Bonchev–Trinajstić information content (AvgIpc) is 2.91. The van der Waals surface area contributed by atoms with Crippen LogP contribution in [-0.2, 0) is 16.6 Å². The first-order valence-corrected chi connectivity index (χ1v) is 8.25. The lowest BCUT2D eigenvalue weighted by Crippen LogP contribution is -2.17. The predicted molar refractivity (Wildman–Crippen MR) is 84.8 cm³/mol. The Morgan fingerprint density at radius 2 is 2.23 bits per heavy atom. The summed E-state index contributed by atoms with van der Waals surface area (Å²) in [5.41, 5.74) is 8.07. The standard InChI is InChI=1S/C15H16N4O2S/c1-2-21-11-6-7-12-13(8-11)19-15(18-12)22(20)9-10-4-3-5-14(16)17-10/h3-8H,2,9H2,1H3,(H2,16,17)(H,18,19)/p+1/t22-/m1/s1. The van der Waals surface area contributed by atoms with Crippen molar-refractivity contribution in [2.24, 2.45) is 0 Å². The quantitative estimate of drug-likeness (QED) is 0.748. The zero-order valence-corrected chi connectivity index (χ0v) is 12.9. The minimum absolute atomic E-state index is 0.323. The average molecular weight is 317 g/mol. The largest absolute Gasteiger partial charge is 0.494 e. The highest BCUT2D eigenvalue weighted by molar-refractivity contribution is 7.84. The molecule has 2 heterocycles. The van der Waals surface area contributed by atoms with Crippen LogP contribution in [0.2, 0.25) is 0 Å². The molecule has 6 nitrogen and oxygen atoms in total. The molecule has 0 saturated heterocycles. The normalized spacial score (nSPS) is 12.4. The zero-order valence-electron chi connectivity index (χ0n) is 12.1. The first kappa shape index (κ1) is 14.5. The highest BCUT2D eigenvalue weighted by Crippen LogP contribution is 2.20. The van der Waals surface area contributed by atoms with E-state index in [1.807, 2.05) is 37.3 Å². The number of fused-ring (bicyclic) bond motifs is 1. The molecule has 1 atom stereocenters. The Hall–Kier alpha value is -2.41. The van der Waals surface area contributed by atoms with Gasteiger partial charge in [-0.25, -0.2) is 9.97 Å². The van der Waals surface area contributed by atoms with Crippen molar-refractivity contribution in [3.63, 3.8) is 0 Å². The van der Waals surface area contributed by atoms with E-state index in [9.17, 15) is 4.21 Å². The van der Waals surface area contributed by atoms with Crippen molar-refractivity contribution in [1.82, 2.24) is 9.97 Å². The smallest absolute Gasteiger partial charge is 0.270 e. The summed E-state index contributed by atoms with van der Waals surface area (Å²) in [5, 5.41) is 0.444. The second-order valence-corrected chi connectivity index (χ2v) is 6.14. The first-order chi connectivity index (χ1) is 10.7. The SMILES string of the molecule is CCOc1ccc2nc([S@](=O)Cc3cccc(N)[nH+]3)[nH]c2c1. The van der Waals surface area contributed by atoms with Crippen molar-refractivity contribution in [3.05, 3.63) is 42.1 Å². The van der Waals surface area contributed by atoms with E-state index in [4.69, 9.17) is 10.5 Å². The number of nitrogens with two attached hydrogens (primary N) is 1. The van der Waals surface area contributed by atoms with Crippen molar-refractivity contribution in [2.75, 3.05) is 12.3 Å². The number of imidazole rings is 1. The molecule has 0 aliphatic carbocycles. The molecule has 3 aromatic rings. The van der Waals surface area contributed by atoms with E-state index in [-0.39, 0.29) is 0 Å². The molecule has 22 heavy (non-hydrogen) atoms. The number of pyridine rings is 1. The number of aromatic amines is 2. The summed E-state index contributed by atoms with van der Waals surface area (Å²) in [5.74, 6) is 1.63. The van der Waals surface area contributed by atoms with Gasteiger partial charge in [0.25, 0.3) is 5.82 Å². The molecule has 3 rings (SSSR count). The number of nitrogen functional groups attached to an aromatic ring is 1.